The molecule has 5 rings (SSSR count). The minimum Gasteiger partial charge on any atom is -0.249 e. The lowest BCUT2D eigenvalue weighted by atomic mass is 9.90. The van der Waals surface area contributed by atoms with E-state index in [1.807, 2.05) is 0 Å². The second kappa shape index (κ2) is 9.24. The van der Waals surface area contributed by atoms with Gasteiger partial charge in [-0.25, -0.2) is 20.0 Å². The molecule has 0 saturated heterocycles. The van der Waals surface area contributed by atoms with E-state index in [2.05, 4.69) is 79.7 Å². The molecule has 5 heterocycles. The Balaban J connectivity index is 1.87. The molecular formula is C32H36N4. The van der Waals surface area contributed by atoms with Gasteiger partial charge in [-0.2, -0.15) is 0 Å². The number of fused-ring (bicyclic) bond motifs is 4. The van der Waals surface area contributed by atoms with Gasteiger partial charge in [0.2, 0.25) is 0 Å². The largest absolute Gasteiger partial charge is 0.249 e. The summed E-state index contributed by atoms with van der Waals surface area (Å²) in [6.45, 7) is 17.7. The zero-order chi connectivity index (χ0) is 25.7. The summed E-state index contributed by atoms with van der Waals surface area (Å²) in [5.41, 5.74) is 18.3. The average molecular weight is 477 g/mol. The molecule has 0 saturated carbocycles. The molecule has 4 heteroatoms. The Morgan fingerprint density at radius 3 is 1.89 bits per heavy atom. The summed E-state index contributed by atoms with van der Waals surface area (Å²) >= 11 is 0. The van der Waals surface area contributed by atoms with Gasteiger partial charge in [0.25, 0.3) is 0 Å². The lowest BCUT2D eigenvalue weighted by molar-refractivity contribution is 1.04. The minimum absolute atomic E-state index is 0.888. The number of allylic oxidation sites excluding steroid dienone is 12. The molecule has 0 unspecified atom stereocenters. The predicted molar refractivity (Wildman–Crippen MR) is 154 cm³/mol. The molecule has 5 aliphatic rings. The van der Waals surface area contributed by atoms with Crippen LogP contribution in [-0.2, 0) is 0 Å². The van der Waals surface area contributed by atoms with Gasteiger partial charge in [0.15, 0.2) is 0 Å². The van der Waals surface area contributed by atoms with Crippen LogP contribution in [0.1, 0.15) is 81.1 Å². The highest BCUT2D eigenvalue weighted by molar-refractivity contribution is 6.21. The van der Waals surface area contributed by atoms with Crippen molar-refractivity contribution in [1.29, 1.82) is 0 Å². The molecule has 0 aromatic rings. The lowest BCUT2D eigenvalue weighted by Gasteiger charge is -2.13. The van der Waals surface area contributed by atoms with Crippen LogP contribution in [0.5, 0.6) is 0 Å². The summed E-state index contributed by atoms with van der Waals surface area (Å²) in [6, 6.07) is 0. The fourth-order valence-electron chi connectivity index (χ4n) is 5.89. The van der Waals surface area contributed by atoms with Crippen molar-refractivity contribution in [2.75, 3.05) is 0 Å². The van der Waals surface area contributed by atoms with Gasteiger partial charge in [0, 0.05) is 11.1 Å². The smallest absolute Gasteiger partial charge is 0.0725 e. The topological polar surface area (TPSA) is 49.4 Å². The van der Waals surface area contributed by atoms with E-state index in [-0.39, 0.29) is 0 Å². The van der Waals surface area contributed by atoms with Gasteiger partial charge in [-0.15, -0.1) is 0 Å². The fraction of sp³-hybridized carbons (Fsp3) is 0.375. The summed E-state index contributed by atoms with van der Waals surface area (Å²) in [5, 5.41) is 0. The van der Waals surface area contributed by atoms with Gasteiger partial charge in [-0.3, -0.25) is 0 Å². The maximum Gasteiger partial charge on any atom is 0.0725 e. The Morgan fingerprint density at radius 2 is 1.22 bits per heavy atom. The lowest BCUT2D eigenvalue weighted by Crippen LogP contribution is -2.07. The van der Waals surface area contributed by atoms with Crippen molar-refractivity contribution < 1.29 is 0 Å². The molecule has 0 N–H and O–H groups in total. The Bertz CT molecular complexity index is 1460. The van der Waals surface area contributed by atoms with E-state index in [0.29, 0.717) is 0 Å². The molecule has 4 nitrogen and oxygen atoms in total. The van der Waals surface area contributed by atoms with Crippen LogP contribution in [0.25, 0.3) is 0 Å². The van der Waals surface area contributed by atoms with Gasteiger partial charge >= 0.3 is 0 Å². The summed E-state index contributed by atoms with van der Waals surface area (Å²) in [6.07, 6.45) is 12.1. The van der Waals surface area contributed by atoms with Crippen LogP contribution in [0, 0.1) is 0 Å². The van der Waals surface area contributed by atoms with Crippen molar-refractivity contribution in [2.24, 2.45) is 20.0 Å². The van der Waals surface area contributed by atoms with Crippen molar-refractivity contribution in [1.82, 2.24) is 0 Å². The summed E-state index contributed by atoms with van der Waals surface area (Å²) in [5.74, 6) is 0. The number of rotatable bonds is 4. The van der Waals surface area contributed by atoms with Crippen LogP contribution in [0.15, 0.2) is 112 Å². The minimum atomic E-state index is 0.888. The zero-order valence-corrected chi connectivity index (χ0v) is 22.9. The van der Waals surface area contributed by atoms with Gasteiger partial charge < -0.3 is 0 Å². The Hall–Kier alpha value is -3.40. The second-order valence-corrected chi connectivity index (χ2v) is 9.91. The maximum atomic E-state index is 5.34. The van der Waals surface area contributed by atoms with Crippen LogP contribution in [0.2, 0.25) is 0 Å². The van der Waals surface area contributed by atoms with Crippen molar-refractivity contribution >= 4 is 22.8 Å². The number of hydrogen-bond donors (Lipinski definition) is 0. The van der Waals surface area contributed by atoms with Crippen LogP contribution in [-0.4, -0.2) is 22.8 Å². The van der Waals surface area contributed by atoms with E-state index in [0.717, 1.165) is 76.9 Å². The summed E-state index contributed by atoms with van der Waals surface area (Å²) in [7, 11) is 0. The average Bonchev–Trinajstić information content (AvgIpc) is 3.61. The van der Waals surface area contributed by atoms with Gasteiger partial charge in [-0.05, 0) is 111 Å². The monoisotopic (exact) mass is 476 g/mol. The molecule has 0 spiro atoms. The van der Waals surface area contributed by atoms with Gasteiger partial charge in [0.05, 0.1) is 45.6 Å². The number of aliphatic imine (C=N–C) groups is 4. The van der Waals surface area contributed by atoms with Crippen molar-refractivity contribution in [3.63, 3.8) is 0 Å². The van der Waals surface area contributed by atoms with Crippen LogP contribution >= 0.6 is 0 Å². The molecule has 0 radical (unpaired) electrons. The molecule has 0 amide bonds. The van der Waals surface area contributed by atoms with E-state index < -0.39 is 0 Å². The first-order valence-electron chi connectivity index (χ1n) is 13.3. The first kappa shape index (κ1) is 24.3. The van der Waals surface area contributed by atoms with E-state index in [1.165, 1.54) is 39.0 Å². The molecule has 0 atom stereocenters. The van der Waals surface area contributed by atoms with Crippen LogP contribution in [0.3, 0.4) is 0 Å². The Morgan fingerprint density at radius 1 is 0.528 bits per heavy atom. The van der Waals surface area contributed by atoms with E-state index >= 15 is 0 Å². The molecule has 184 valence electrons. The molecule has 0 aromatic carbocycles. The SMILES string of the molecule is CCC1=C(C)C2=NC1=C(CC)C1=NC(=CC3=NC(=CC4=NC(=C2C)C(C)=C4C)C=C3)C(CC)=C1CC. The van der Waals surface area contributed by atoms with Crippen LogP contribution in [0.4, 0.5) is 0 Å². The highest BCUT2D eigenvalue weighted by Gasteiger charge is 2.31. The van der Waals surface area contributed by atoms with Crippen LogP contribution < -0.4 is 0 Å². The third-order valence-corrected chi connectivity index (χ3v) is 7.99. The molecule has 5 aliphatic heterocycles. The van der Waals surface area contributed by atoms with E-state index in [9.17, 15) is 0 Å². The number of nitrogens with zero attached hydrogens (tertiary/aromatic N) is 4. The quantitative estimate of drug-likeness (QED) is 0.392. The number of hydrogen-bond acceptors (Lipinski definition) is 4. The highest BCUT2D eigenvalue weighted by Crippen LogP contribution is 2.41. The zero-order valence-electron chi connectivity index (χ0n) is 22.9. The Kier molecular flexibility index (Phi) is 6.23. The molecule has 0 aromatic heterocycles. The first-order valence-corrected chi connectivity index (χ1v) is 13.3. The van der Waals surface area contributed by atoms with Crippen molar-refractivity contribution in [3.05, 3.63) is 91.7 Å². The molecule has 0 fully saturated rings. The summed E-state index contributed by atoms with van der Waals surface area (Å²) in [4.78, 5) is 20.6. The third kappa shape index (κ3) is 3.66. The predicted octanol–water partition coefficient (Wildman–Crippen LogP) is 8.26. The van der Waals surface area contributed by atoms with Crippen molar-refractivity contribution in [3.8, 4) is 0 Å². The molecule has 36 heavy (non-hydrogen) atoms. The normalized spacial score (nSPS) is 21.6. The maximum absolute atomic E-state index is 5.34. The van der Waals surface area contributed by atoms with Gasteiger partial charge in [-0.1, -0.05) is 27.7 Å². The van der Waals surface area contributed by atoms with E-state index in [4.69, 9.17) is 20.0 Å². The van der Waals surface area contributed by atoms with Crippen molar-refractivity contribution in [2.45, 2.75) is 81.1 Å². The second-order valence-electron chi connectivity index (χ2n) is 9.91. The molecular weight excluding hydrogens is 440 g/mol. The first-order chi connectivity index (χ1) is 17.3. The highest BCUT2D eigenvalue weighted by atomic mass is 14.9. The van der Waals surface area contributed by atoms with E-state index in [1.54, 1.807) is 0 Å². The summed E-state index contributed by atoms with van der Waals surface area (Å²) < 4.78 is 0. The van der Waals surface area contributed by atoms with Gasteiger partial charge in [0.1, 0.15) is 0 Å². The Labute approximate surface area is 215 Å². The fourth-order valence-corrected chi connectivity index (χ4v) is 5.89. The third-order valence-electron chi connectivity index (χ3n) is 7.99. The standard InChI is InChI=1S/C32H36N4/c1-9-23-19(7)30-20(8)29-18(6)17(5)27(34-29)15-21-13-14-22(33-21)16-28-24(10-2)25(11-3)32(35-28)26(12-4)31(23)36-30/h13-16H,9-12H2,1-8H3. The molecule has 0 aliphatic carbocycles. The molecule has 8 bridgehead atoms.